The van der Waals surface area contributed by atoms with Crippen molar-refractivity contribution in [1.82, 2.24) is 0 Å². The van der Waals surface area contributed by atoms with Crippen molar-refractivity contribution in [3.05, 3.63) is 89.5 Å². The lowest BCUT2D eigenvalue weighted by molar-refractivity contribution is -0.0496. The fraction of sp³-hybridized carbons (Fsp3) is 0.333. The average molecular weight is 525 g/mol. The molecule has 0 heterocycles. The van der Waals surface area contributed by atoms with E-state index in [1.807, 2.05) is 26.0 Å². The van der Waals surface area contributed by atoms with E-state index >= 15 is 0 Å². The lowest BCUT2D eigenvalue weighted by Gasteiger charge is -2.39. The first-order valence-corrected chi connectivity index (χ1v) is 14.5. The molecule has 8 heteroatoms. The molecule has 0 unspecified atom stereocenters. The summed E-state index contributed by atoms with van der Waals surface area (Å²) in [5, 5.41) is 0. The second-order valence-electron chi connectivity index (χ2n) is 8.60. The van der Waals surface area contributed by atoms with Crippen molar-refractivity contribution in [1.29, 1.82) is 0 Å². The van der Waals surface area contributed by atoms with Crippen LogP contribution in [0, 0.1) is 13.8 Å². The van der Waals surface area contributed by atoms with Gasteiger partial charge in [0.1, 0.15) is 0 Å². The molecule has 3 rings (SSSR count). The highest BCUT2D eigenvalue weighted by molar-refractivity contribution is 8.33. The third-order valence-electron chi connectivity index (χ3n) is 5.76. The molecule has 190 valence electrons. The Morgan fingerprint density at radius 1 is 0.686 bits per heavy atom. The van der Waals surface area contributed by atoms with E-state index in [1.54, 1.807) is 60.7 Å². The van der Waals surface area contributed by atoms with Gasteiger partial charge in [0.2, 0.25) is 0 Å². The van der Waals surface area contributed by atoms with E-state index in [2.05, 4.69) is 6.92 Å². The maximum absolute atomic E-state index is 13.6. The van der Waals surface area contributed by atoms with E-state index in [4.69, 9.17) is 3.63 Å². The van der Waals surface area contributed by atoms with Crippen LogP contribution in [0.3, 0.4) is 0 Å². The summed E-state index contributed by atoms with van der Waals surface area (Å²) in [4.78, 5) is 1.13. The molecule has 0 saturated heterocycles. The smallest absolute Gasteiger partial charge is 0.200 e. The van der Waals surface area contributed by atoms with Crippen molar-refractivity contribution in [2.45, 2.75) is 73.1 Å². The van der Waals surface area contributed by atoms with Gasteiger partial charge in [-0.05, 0) is 79.0 Å². The number of hydrogen-bond donors (Lipinski definition) is 0. The predicted molar refractivity (Wildman–Crippen MR) is 135 cm³/mol. The van der Waals surface area contributed by atoms with Crippen LogP contribution in [0.5, 0.6) is 0 Å². The highest BCUT2D eigenvalue weighted by Gasteiger charge is 2.52. The van der Waals surface area contributed by atoms with Gasteiger partial charge < -0.3 is 0 Å². The van der Waals surface area contributed by atoms with Gasteiger partial charge in [0.25, 0.3) is 0 Å². The van der Waals surface area contributed by atoms with Crippen LogP contribution in [0.15, 0.2) is 87.5 Å². The van der Waals surface area contributed by atoms with Gasteiger partial charge in [-0.1, -0.05) is 73.7 Å². The number of unbranched alkanes of at least 4 members (excludes halogenated alkanes) is 3. The first-order valence-electron chi connectivity index (χ1n) is 11.6. The van der Waals surface area contributed by atoms with Crippen LogP contribution in [-0.2, 0) is 20.2 Å². The summed E-state index contributed by atoms with van der Waals surface area (Å²) in [7, 11) is -9.17. The van der Waals surface area contributed by atoms with Crippen molar-refractivity contribution in [3.8, 4) is 0 Å². The van der Waals surface area contributed by atoms with Gasteiger partial charge in [-0.2, -0.15) is 25.2 Å². The van der Waals surface area contributed by atoms with Crippen LogP contribution < -0.4 is 0 Å². The molecule has 0 amide bonds. The van der Waals surface area contributed by atoms with Crippen LogP contribution in [0.1, 0.15) is 49.3 Å². The fourth-order valence-corrected chi connectivity index (χ4v) is 8.46. The summed E-state index contributed by atoms with van der Waals surface area (Å²) in [6.45, 7) is 5.85. The second-order valence-corrected chi connectivity index (χ2v) is 13.0. The number of hydrogen-bond acceptors (Lipinski definition) is 3. The third-order valence-corrected chi connectivity index (χ3v) is 10.7. The zero-order valence-electron chi connectivity index (χ0n) is 20.1. The Balaban J connectivity index is 2.21. The average Bonchev–Trinajstić information content (AvgIpc) is 2.81. The molecule has 0 atom stereocenters. The molecule has 3 aromatic carbocycles. The maximum Gasteiger partial charge on any atom is 0.524 e. The molecule has 35 heavy (non-hydrogen) atoms. The Bertz CT molecular complexity index is 1160. The minimum Gasteiger partial charge on any atom is -0.200 e. The van der Waals surface area contributed by atoms with Gasteiger partial charge in [0.05, 0.1) is 0 Å². The molecule has 0 saturated carbocycles. The molecule has 0 aliphatic rings. The quantitative estimate of drug-likeness (QED) is 0.197. The summed E-state index contributed by atoms with van der Waals surface area (Å²) in [6, 6.07) is 20.7. The molecule has 0 radical (unpaired) electrons. The summed E-state index contributed by atoms with van der Waals surface area (Å²) in [6.07, 6.45) is 5.24. The normalized spacial score (nSPS) is 13.1. The van der Waals surface area contributed by atoms with E-state index < -0.39 is 25.9 Å². The van der Waals surface area contributed by atoms with Crippen LogP contribution in [0.25, 0.3) is 0 Å². The van der Waals surface area contributed by atoms with Crippen molar-refractivity contribution < 1.29 is 25.2 Å². The molecule has 0 aliphatic heterocycles. The van der Waals surface area contributed by atoms with Crippen LogP contribution >= 0.6 is 10.3 Å². The molecule has 0 spiro atoms. The molecule has 0 N–H and O–H groups in total. The fourth-order valence-electron chi connectivity index (χ4n) is 3.76. The molecule has 3 aromatic rings. The summed E-state index contributed by atoms with van der Waals surface area (Å²) in [5.74, 6) is 0. The Hall–Kier alpha value is -2.29. The molecule has 0 fully saturated rings. The van der Waals surface area contributed by atoms with E-state index in [1.165, 1.54) is 0 Å². The SMILES string of the molecule is CCCCCCc1ccc(S(OS(=O)(=O)C(F)(F)F)(c2ccc(C)cc2)c2ccc(C)cc2)cc1. The number of benzene rings is 3. The lowest BCUT2D eigenvalue weighted by atomic mass is 10.1. The Morgan fingerprint density at radius 3 is 1.51 bits per heavy atom. The van der Waals surface area contributed by atoms with Crippen molar-refractivity contribution >= 4 is 20.4 Å². The number of aryl methyl sites for hydroxylation is 3. The minimum absolute atomic E-state index is 0.371. The predicted octanol–water partition coefficient (Wildman–Crippen LogP) is 8.49. The monoisotopic (exact) mass is 524 g/mol. The zero-order valence-corrected chi connectivity index (χ0v) is 21.8. The molecule has 3 nitrogen and oxygen atoms in total. The maximum atomic E-state index is 13.6. The van der Waals surface area contributed by atoms with Gasteiger partial charge in [0, 0.05) is 14.7 Å². The summed E-state index contributed by atoms with van der Waals surface area (Å²) in [5.41, 5.74) is -2.72. The van der Waals surface area contributed by atoms with Gasteiger partial charge in [-0.3, -0.25) is 0 Å². The number of rotatable bonds is 10. The van der Waals surface area contributed by atoms with Crippen molar-refractivity contribution in [3.63, 3.8) is 0 Å². The lowest BCUT2D eigenvalue weighted by Crippen LogP contribution is -2.27. The first-order chi connectivity index (χ1) is 16.5. The zero-order chi connectivity index (χ0) is 25.7. The van der Waals surface area contributed by atoms with Gasteiger partial charge in [0.15, 0.2) is 0 Å². The van der Waals surface area contributed by atoms with E-state index in [0.717, 1.165) is 48.8 Å². The van der Waals surface area contributed by atoms with Crippen LogP contribution in [0.2, 0.25) is 0 Å². The van der Waals surface area contributed by atoms with Gasteiger partial charge in [-0.25, -0.2) is 0 Å². The summed E-state index contributed by atoms with van der Waals surface area (Å²) < 4.78 is 71.1. The standard InChI is InChI=1S/C27H31F3O3S2/c1-4-5-6-7-8-23-13-19-26(20-14-23)34(24-15-9-21(2)10-16-24,25-17-11-22(3)12-18-25)33-35(31,32)27(28,29)30/h9-20H,4-8H2,1-3H3. The highest BCUT2D eigenvalue weighted by Crippen LogP contribution is 2.70. The molecular weight excluding hydrogens is 493 g/mol. The van der Waals surface area contributed by atoms with E-state index in [-0.39, 0.29) is 0 Å². The summed E-state index contributed by atoms with van der Waals surface area (Å²) >= 11 is 0. The molecule has 0 aromatic heterocycles. The largest absolute Gasteiger partial charge is 0.524 e. The second kappa shape index (κ2) is 11.2. The van der Waals surface area contributed by atoms with Crippen molar-refractivity contribution in [2.24, 2.45) is 0 Å². The Labute approximate surface area is 208 Å². The van der Waals surface area contributed by atoms with Crippen molar-refractivity contribution in [2.75, 3.05) is 0 Å². The number of alkyl halides is 3. The van der Waals surface area contributed by atoms with E-state index in [0.29, 0.717) is 14.7 Å². The van der Waals surface area contributed by atoms with Crippen LogP contribution in [-0.4, -0.2) is 13.9 Å². The number of halogens is 3. The van der Waals surface area contributed by atoms with Gasteiger partial charge in [-0.15, -0.1) is 0 Å². The van der Waals surface area contributed by atoms with E-state index in [9.17, 15) is 21.6 Å². The first kappa shape index (κ1) is 27.3. The molecule has 0 bridgehead atoms. The molecular formula is C27H31F3O3S2. The molecule has 0 aliphatic carbocycles. The highest BCUT2D eigenvalue weighted by atomic mass is 32.3. The van der Waals surface area contributed by atoms with Crippen LogP contribution in [0.4, 0.5) is 13.2 Å². The minimum atomic E-state index is -5.91. The van der Waals surface area contributed by atoms with Gasteiger partial charge >= 0.3 is 15.6 Å². The Morgan fingerprint density at radius 2 is 1.11 bits per heavy atom. The topological polar surface area (TPSA) is 43.4 Å². The third kappa shape index (κ3) is 6.29. The Kier molecular flexibility index (Phi) is 8.72.